The Bertz CT molecular complexity index is 522. The van der Waals surface area contributed by atoms with Gasteiger partial charge in [0.15, 0.2) is 0 Å². The number of carboxylic acids is 1. The van der Waals surface area contributed by atoms with Gasteiger partial charge in [0.25, 0.3) is 0 Å². The maximum absolute atomic E-state index is 11.7. The molecule has 2 atom stereocenters. The van der Waals surface area contributed by atoms with Gasteiger partial charge in [0, 0.05) is 13.0 Å². The highest BCUT2D eigenvalue weighted by atomic mass is 16.5. The summed E-state index contributed by atoms with van der Waals surface area (Å²) in [7, 11) is 0. The number of nitrogens with zero attached hydrogens (tertiary/aromatic N) is 1. The fourth-order valence-electron chi connectivity index (χ4n) is 2.58. The zero-order chi connectivity index (χ0) is 16.7. The number of ether oxygens (including phenoxy) is 2. The molecule has 1 aromatic carbocycles. The molecule has 0 saturated carbocycles. The molecular weight excluding hydrogens is 300 g/mol. The van der Waals surface area contributed by atoms with Crippen molar-refractivity contribution < 1.29 is 24.2 Å². The lowest BCUT2D eigenvalue weighted by atomic mass is 10.2. The van der Waals surface area contributed by atoms with Gasteiger partial charge in [-0.2, -0.15) is 0 Å². The molecule has 7 heteroatoms. The van der Waals surface area contributed by atoms with Crippen LogP contribution in [0.15, 0.2) is 30.3 Å². The summed E-state index contributed by atoms with van der Waals surface area (Å²) in [6.45, 7) is 1.33. The average molecular weight is 322 g/mol. The number of hydrogen-bond donors (Lipinski definition) is 2. The van der Waals surface area contributed by atoms with Crippen molar-refractivity contribution in [3.63, 3.8) is 0 Å². The third kappa shape index (κ3) is 5.02. The van der Waals surface area contributed by atoms with Crippen LogP contribution in [0.5, 0.6) is 0 Å². The second kappa shape index (κ2) is 8.61. The number of carbonyl (C=O) groups excluding carboxylic acids is 1. The van der Waals surface area contributed by atoms with Crippen LogP contribution in [0.3, 0.4) is 0 Å². The molecule has 1 heterocycles. The van der Waals surface area contributed by atoms with Crippen LogP contribution in [0.25, 0.3) is 0 Å². The molecule has 0 aliphatic carbocycles. The van der Waals surface area contributed by atoms with Crippen molar-refractivity contribution in [2.75, 3.05) is 26.3 Å². The highest BCUT2D eigenvalue weighted by molar-refractivity contribution is 5.85. The molecule has 0 bridgehead atoms. The molecule has 3 N–H and O–H groups in total. The van der Waals surface area contributed by atoms with Crippen molar-refractivity contribution in [2.45, 2.75) is 25.2 Å². The molecule has 7 nitrogen and oxygen atoms in total. The zero-order valence-corrected chi connectivity index (χ0v) is 12.9. The second-order valence-corrected chi connectivity index (χ2v) is 5.37. The average Bonchev–Trinajstić information content (AvgIpc) is 2.99. The summed E-state index contributed by atoms with van der Waals surface area (Å²) in [5.41, 5.74) is 6.39. The van der Waals surface area contributed by atoms with E-state index in [9.17, 15) is 9.59 Å². The molecule has 2 rings (SSSR count). The summed E-state index contributed by atoms with van der Waals surface area (Å²) in [5, 5.41) is 9.17. The molecule has 1 amide bonds. The first-order chi connectivity index (χ1) is 11.1. The Morgan fingerprint density at radius 1 is 1.26 bits per heavy atom. The van der Waals surface area contributed by atoms with E-state index in [0.717, 1.165) is 5.56 Å². The molecule has 2 unspecified atom stereocenters. The predicted molar refractivity (Wildman–Crippen MR) is 82.6 cm³/mol. The van der Waals surface area contributed by atoms with Crippen LogP contribution in [0.2, 0.25) is 0 Å². The van der Waals surface area contributed by atoms with E-state index in [-0.39, 0.29) is 31.5 Å². The highest BCUT2D eigenvalue weighted by Crippen LogP contribution is 2.20. The summed E-state index contributed by atoms with van der Waals surface area (Å²) in [5.74, 6) is -1.40. The van der Waals surface area contributed by atoms with E-state index < -0.39 is 12.0 Å². The van der Waals surface area contributed by atoms with Crippen LogP contribution in [0.1, 0.15) is 12.0 Å². The molecule has 23 heavy (non-hydrogen) atoms. The van der Waals surface area contributed by atoms with Gasteiger partial charge in [0.1, 0.15) is 6.04 Å². The van der Waals surface area contributed by atoms with Gasteiger partial charge >= 0.3 is 5.97 Å². The van der Waals surface area contributed by atoms with Crippen molar-refractivity contribution >= 4 is 11.9 Å². The summed E-state index contributed by atoms with van der Waals surface area (Å²) in [4.78, 5) is 24.1. The first kappa shape index (κ1) is 17.4. The summed E-state index contributed by atoms with van der Waals surface area (Å²) < 4.78 is 11.1. The Morgan fingerprint density at radius 3 is 2.65 bits per heavy atom. The molecule has 1 aliphatic rings. The van der Waals surface area contributed by atoms with Gasteiger partial charge in [-0.05, 0) is 5.56 Å². The minimum atomic E-state index is -1.03. The van der Waals surface area contributed by atoms with Gasteiger partial charge < -0.3 is 25.2 Å². The summed E-state index contributed by atoms with van der Waals surface area (Å²) in [6, 6.07) is 8.93. The van der Waals surface area contributed by atoms with E-state index in [2.05, 4.69) is 0 Å². The fraction of sp³-hybridized carbons (Fsp3) is 0.500. The van der Waals surface area contributed by atoms with Crippen LogP contribution in [0, 0.1) is 0 Å². The molecule has 1 fully saturated rings. The number of rotatable bonds is 8. The van der Waals surface area contributed by atoms with E-state index in [1.165, 1.54) is 4.90 Å². The Labute approximate surface area is 135 Å². The molecular formula is C16H22N2O5. The molecule has 1 aromatic rings. The molecule has 0 aromatic heterocycles. The molecule has 0 radical (unpaired) electrons. The summed E-state index contributed by atoms with van der Waals surface area (Å²) >= 11 is 0. The van der Waals surface area contributed by atoms with Crippen molar-refractivity contribution in [3.05, 3.63) is 35.9 Å². The van der Waals surface area contributed by atoms with Crippen LogP contribution in [0.4, 0.5) is 0 Å². The van der Waals surface area contributed by atoms with Crippen molar-refractivity contribution in [2.24, 2.45) is 5.73 Å². The Hall–Kier alpha value is -1.96. The van der Waals surface area contributed by atoms with Gasteiger partial charge in [-0.1, -0.05) is 30.3 Å². The van der Waals surface area contributed by atoms with Gasteiger partial charge in [-0.25, -0.2) is 4.79 Å². The van der Waals surface area contributed by atoms with E-state index in [4.69, 9.17) is 20.3 Å². The number of likely N-dealkylation sites (tertiary alicyclic amines) is 1. The second-order valence-electron chi connectivity index (χ2n) is 5.37. The molecule has 1 saturated heterocycles. The number of nitrogens with two attached hydrogens (primary N) is 1. The lowest BCUT2D eigenvalue weighted by molar-refractivity contribution is -0.147. The first-order valence-corrected chi connectivity index (χ1v) is 7.57. The zero-order valence-electron chi connectivity index (χ0n) is 12.9. The van der Waals surface area contributed by atoms with Crippen molar-refractivity contribution in [3.8, 4) is 0 Å². The molecule has 1 aliphatic heterocycles. The lowest BCUT2D eigenvalue weighted by Crippen LogP contribution is -2.43. The lowest BCUT2D eigenvalue weighted by Gasteiger charge is -2.20. The van der Waals surface area contributed by atoms with Gasteiger partial charge in [-0.15, -0.1) is 0 Å². The smallest absolute Gasteiger partial charge is 0.326 e. The third-order valence-electron chi connectivity index (χ3n) is 3.74. The van der Waals surface area contributed by atoms with Gasteiger partial charge in [0.2, 0.25) is 5.91 Å². The van der Waals surface area contributed by atoms with Crippen LogP contribution >= 0.6 is 0 Å². The monoisotopic (exact) mass is 322 g/mol. The number of amides is 1. The standard InChI is InChI=1S/C16H22N2O5/c17-9-15(19)18-10-13(8-14(18)16(20)21)23-7-6-22-11-12-4-2-1-3-5-12/h1-5,13-14H,6-11,17H2,(H,20,21). The van der Waals surface area contributed by atoms with E-state index in [0.29, 0.717) is 19.8 Å². The maximum Gasteiger partial charge on any atom is 0.326 e. The Kier molecular flexibility index (Phi) is 6.52. The summed E-state index contributed by atoms with van der Waals surface area (Å²) in [6.07, 6.45) is -0.0216. The predicted octanol–water partition coefficient (Wildman–Crippen LogP) is 0.233. The van der Waals surface area contributed by atoms with Gasteiger partial charge in [0.05, 0.1) is 32.5 Å². The topological polar surface area (TPSA) is 102 Å². The first-order valence-electron chi connectivity index (χ1n) is 7.57. The Balaban J connectivity index is 1.70. The minimum Gasteiger partial charge on any atom is -0.480 e. The van der Waals surface area contributed by atoms with Crippen molar-refractivity contribution in [1.29, 1.82) is 0 Å². The van der Waals surface area contributed by atoms with Crippen LogP contribution in [-0.4, -0.2) is 60.3 Å². The Morgan fingerprint density at radius 2 is 2.00 bits per heavy atom. The highest BCUT2D eigenvalue weighted by Gasteiger charge is 2.39. The van der Waals surface area contributed by atoms with E-state index in [1.807, 2.05) is 30.3 Å². The number of benzene rings is 1. The van der Waals surface area contributed by atoms with Crippen LogP contribution < -0.4 is 5.73 Å². The normalized spacial score (nSPS) is 20.7. The molecule has 0 spiro atoms. The largest absolute Gasteiger partial charge is 0.480 e. The number of hydrogen-bond acceptors (Lipinski definition) is 5. The number of carbonyl (C=O) groups is 2. The number of aliphatic carboxylic acids is 1. The number of carboxylic acid groups (broad SMARTS) is 1. The third-order valence-corrected chi connectivity index (χ3v) is 3.74. The molecule has 126 valence electrons. The maximum atomic E-state index is 11.7. The van der Waals surface area contributed by atoms with E-state index in [1.54, 1.807) is 0 Å². The van der Waals surface area contributed by atoms with E-state index >= 15 is 0 Å². The van der Waals surface area contributed by atoms with Crippen molar-refractivity contribution in [1.82, 2.24) is 4.90 Å². The minimum absolute atomic E-state index is 0.198. The van der Waals surface area contributed by atoms with Gasteiger partial charge in [-0.3, -0.25) is 4.79 Å². The fourth-order valence-corrected chi connectivity index (χ4v) is 2.58. The van der Waals surface area contributed by atoms with Crippen LogP contribution in [-0.2, 0) is 25.7 Å². The quantitative estimate of drug-likeness (QED) is 0.664. The SMILES string of the molecule is NCC(=O)N1CC(OCCOCc2ccccc2)CC1C(=O)O.